The fourth-order valence-corrected chi connectivity index (χ4v) is 2.15. The van der Waals surface area contributed by atoms with Gasteiger partial charge in [-0.3, -0.25) is 0 Å². The van der Waals surface area contributed by atoms with Gasteiger partial charge in [0.05, 0.1) is 26.9 Å². The monoisotopic (exact) mass is 495 g/mol. The average molecular weight is 495 g/mol. The van der Waals surface area contributed by atoms with Gasteiger partial charge < -0.3 is 30.0 Å². The average Bonchev–Trinajstić information content (AvgIpc) is 2.68. The number of ether oxygens (including phenoxy) is 3. The molecule has 0 aromatic heterocycles. The zero-order chi connectivity index (χ0) is 18.9. The number of aliphatic imine (C=N–C) groups is 1. The molecule has 0 amide bonds. The van der Waals surface area contributed by atoms with Crippen LogP contribution in [0.25, 0.3) is 0 Å². The predicted molar refractivity (Wildman–Crippen MR) is 119 cm³/mol. The first-order valence-electron chi connectivity index (χ1n) is 9.21. The minimum atomic E-state index is 0. The van der Waals surface area contributed by atoms with E-state index in [9.17, 15) is 0 Å². The van der Waals surface area contributed by atoms with E-state index < -0.39 is 0 Å². The highest BCUT2D eigenvalue weighted by molar-refractivity contribution is 14.0. The Morgan fingerprint density at radius 3 is 2.19 bits per heavy atom. The van der Waals surface area contributed by atoms with Crippen LogP contribution in [-0.2, 0) is 16.0 Å². The van der Waals surface area contributed by atoms with Gasteiger partial charge in [-0.05, 0) is 37.5 Å². The number of halogens is 1. The summed E-state index contributed by atoms with van der Waals surface area (Å²) in [5.74, 6) is 1.62. The van der Waals surface area contributed by atoms with Gasteiger partial charge in [-0.15, -0.1) is 24.0 Å². The molecule has 0 radical (unpaired) electrons. The molecule has 0 bridgehead atoms. The van der Waals surface area contributed by atoms with Crippen molar-refractivity contribution in [3.63, 3.8) is 0 Å². The molecule has 0 aliphatic rings. The largest absolute Gasteiger partial charge is 0.497 e. The number of aliphatic hydroxyl groups excluding tert-OH is 1. The number of nitrogens with zero attached hydrogens (tertiary/aromatic N) is 1. The quantitative estimate of drug-likeness (QED) is 0.159. The maximum Gasteiger partial charge on any atom is 0.191 e. The number of hydrogen-bond donors (Lipinski definition) is 3. The molecule has 0 atom stereocenters. The van der Waals surface area contributed by atoms with Crippen molar-refractivity contribution in [2.45, 2.75) is 26.3 Å². The Morgan fingerprint density at radius 1 is 1.00 bits per heavy atom. The van der Waals surface area contributed by atoms with Crippen LogP contribution in [0.2, 0.25) is 0 Å². The van der Waals surface area contributed by atoms with Crippen molar-refractivity contribution in [2.24, 2.45) is 4.99 Å². The summed E-state index contributed by atoms with van der Waals surface area (Å²) in [6, 6.07) is 7.90. The maximum absolute atomic E-state index is 8.69. The molecule has 3 N–H and O–H groups in total. The summed E-state index contributed by atoms with van der Waals surface area (Å²) < 4.78 is 15.8. The van der Waals surface area contributed by atoms with Gasteiger partial charge in [0.25, 0.3) is 0 Å². The van der Waals surface area contributed by atoms with Crippen LogP contribution in [0.4, 0.5) is 0 Å². The van der Waals surface area contributed by atoms with E-state index in [1.807, 2.05) is 31.2 Å². The smallest absolute Gasteiger partial charge is 0.191 e. The highest BCUT2D eigenvalue weighted by Crippen LogP contribution is 2.11. The van der Waals surface area contributed by atoms with Crippen molar-refractivity contribution in [3.8, 4) is 5.75 Å². The highest BCUT2D eigenvalue weighted by atomic mass is 127. The predicted octanol–water partition coefficient (Wildman–Crippen LogP) is 2.17. The Hall–Kier alpha value is -1.10. The molecule has 1 aromatic rings. The standard InChI is InChI=1S/C19H33N3O4.HI/c1-3-25-13-4-10-20-19(21-11-5-14-26-15-12-23)22-16-17-6-8-18(24-2)9-7-17;/h6-9,23H,3-5,10-16H2,1-2H3,(H2,20,21,22);1H. The normalized spacial score (nSPS) is 11.0. The molecular weight excluding hydrogens is 461 g/mol. The third-order valence-corrected chi connectivity index (χ3v) is 3.53. The Labute approximate surface area is 179 Å². The molecule has 0 spiro atoms. The van der Waals surface area contributed by atoms with Crippen LogP contribution in [-0.4, -0.2) is 64.3 Å². The fourth-order valence-electron chi connectivity index (χ4n) is 2.15. The Bertz CT molecular complexity index is 486. The molecule has 156 valence electrons. The summed E-state index contributed by atoms with van der Waals surface area (Å²) >= 11 is 0. The van der Waals surface area contributed by atoms with Crippen LogP contribution in [0.5, 0.6) is 5.75 Å². The van der Waals surface area contributed by atoms with Crippen molar-refractivity contribution in [1.29, 1.82) is 0 Å². The summed E-state index contributed by atoms with van der Waals surface area (Å²) in [6.07, 6.45) is 1.78. The van der Waals surface area contributed by atoms with Gasteiger partial charge in [0, 0.05) is 32.9 Å². The lowest BCUT2D eigenvalue weighted by molar-refractivity contribution is 0.0912. The van der Waals surface area contributed by atoms with Gasteiger partial charge in [-0.1, -0.05) is 12.1 Å². The number of methoxy groups -OCH3 is 1. The Balaban J connectivity index is 0.00000676. The molecule has 8 heteroatoms. The molecule has 0 unspecified atom stereocenters. The van der Waals surface area contributed by atoms with Gasteiger partial charge in [0.1, 0.15) is 5.75 Å². The summed E-state index contributed by atoms with van der Waals surface area (Å²) in [6.45, 7) is 6.68. The molecule has 0 saturated carbocycles. The summed E-state index contributed by atoms with van der Waals surface area (Å²) in [7, 11) is 1.66. The van der Waals surface area contributed by atoms with Gasteiger partial charge >= 0.3 is 0 Å². The number of benzene rings is 1. The lowest BCUT2D eigenvalue weighted by Crippen LogP contribution is -2.39. The van der Waals surface area contributed by atoms with Crippen molar-refractivity contribution >= 4 is 29.9 Å². The molecule has 0 heterocycles. The second-order valence-electron chi connectivity index (χ2n) is 5.61. The van der Waals surface area contributed by atoms with Gasteiger partial charge in [0.2, 0.25) is 0 Å². The first-order valence-corrected chi connectivity index (χ1v) is 9.21. The number of rotatable bonds is 14. The number of nitrogens with one attached hydrogen (secondary N) is 2. The van der Waals surface area contributed by atoms with Crippen molar-refractivity contribution in [3.05, 3.63) is 29.8 Å². The maximum atomic E-state index is 8.69. The van der Waals surface area contributed by atoms with E-state index in [0.29, 0.717) is 19.8 Å². The molecule has 1 rings (SSSR count). The van der Waals surface area contributed by atoms with Crippen molar-refractivity contribution in [2.75, 3.05) is 53.2 Å². The van der Waals surface area contributed by atoms with Crippen molar-refractivity contribution < 1.29 is 19.3 Å². The third kappa shape index (κ3) is 13.7. The van der Waals surface area contributed by atoms with Crippen LogP contribution < -0.4 is 15.4 Å². The molecule has 0 fully saturated rings. The first-order chi connectivity index (χ1) is 12.8. The zero-order valence-corrected chi connectivity index (χ0v) is 18.7. The molecule has 0 aliphatic carbocycles. The third-order valence-electron chi connectivity index (χ3n) is 3.53. The van der Waals surface area contributed by atoms with E-state index in [1.54, 1.807) is 7.11 Å². The topological polar surface area (TPSA) is 84.3 Å². The van der Waals surface area contributed by atoms with Crippen molar-refractivity contribution in [1.82, 2.24) is 10.6 Å². The van der Waals surface area contributed by atoms with Crippen LogP contribution >= 0.6 is 24.0 Å². The number of guanidine groups is 1. The molecule has 0 saturated heterocycles. The first kappa shape index (κ1) is 25.9. The molecular formula is C19H34IN3O4. The van der Waals surface area contributed by atoms with Gasteiger partial charge in [-0.2, -0.15) is 0 Å². The van der Waals surface area contributed by atoms with Gasteiger partial charge in [0.15, 0.2) is 5.96 Å². The van der Waals surface area contributed by atoms with Crippen LogP contribution in [0.1, 0.15) is 25.3 Å². The molecule has 0 aliphatic heterocycles. The summed E-state index contributed by atoms with van der Waals surface area (Å²) in [4.78, 5) is 4.63. The summed E-state index contributed by atoms with van der Waals surface area (Å²) in [5.41, 5.74) is 1.12. The van der Waals surface area contributed by atoms with E-state index in [-0.39, 0.29) is 30.6 Å². The lowest BCUT2D eigenvalue weighted by atomic mass is 10.2. The Kier molecular flexibility index (Phi) is 17.5. The van der Waals surface area contributed by atoms with Crippen LogP contribution in [0.3, 0.4) is 0 Å². The minimum Gasteiger partial charge on any atom is -0.497 e. The van der Waals surface area contributed by atoms with E-state index >= 15 is 0 Å². The van der Waals surface area contributed by atoms with Crippen LogP contribution in [0, 0.1) is 0 Å². The SMILES string of the molecule is CCOCCCNC(=NCc1ccc(OC)cc1)NCCCOCCO.I. The number of hydrogen-bond acceptors (Lipinski definition) is 5. The molecule has 27 heavy (non-hydrogen) atoms. The van der Waals surface area contributed by atoms with E-state index in [1.165, 1.54) is 0 Å². The summed E-state index contributed by atoms with van der Waals surface area (Å²) in [5, 5.41) is 15.3. The second-order valence-corrected chi connectivity index (χ2v) is 5.61. The van der Waals surface area contributed by atoms with E-state index in [2.05, 4.69) is 15.6 Å². The number of aliphatic hydroxyl groups is 1. The second kappa shape index (κ2) is 18.3. The fraction of sp³-hybridized carbons (Fsp3) is 0.632. The van der Waals surface area contributed by atoms with E-state index in [4.69, 9.17) is 19.3 Å². The lowest BCUT2D eigenvalue weighted by Gasteiger charge is -2.13. The van der Waals surface area contributed by atoms with Gasteiger partial charge in [-0.25, -0.2) is 4.99 Å². The Morgan fingerprint density at radius 2 is 1.63 bits per heavy atom. The highest BCUT2D eigenvalue weighted by Gasteiger charge is 2.00. The minimum absolute atomic E-state index is 0. The van der Waals surface area contributed by atoms with E-state index in [0.717, 1.165) is 56.4 Å². The van der Waals surface area contributed by atoms with Crippen LogP contribution in [0.15, 0.2) is 29.3 Å². The molecule has 1 aromatic carbocycles. The zero-order valence-electron chi connectivity index (χ0n) is 16.4. The molecule has 7 nitrogen and oxygen atoms in total.